The topological polar surface area (TPSA) is 23.8 Å². The van der Waals surface area contributed by atoms with E-state index in [1.54, 1.807) is 0 Å². The quantitative estimate of drug-likeness (QED) is 0.773. The molecule has 17 heavy (non-hydrogen) atoms. The molecule has 0 amide bonds. The van der Waals surface area contributed by atoms with Gasteiger partial charge < -0.3 is 0 Å². The van der Waals surface area contributed by atoms with Crippen molar-refractivity contribution in [1.29, 1.82) is 5.26 Å². The Labute approximate surface area is 112 Å². The summed E-state index contributed by atoms with van der Waals surface area (Å²) < 4.78 is 1.24. The van der Waals surface area contributed by atoms with E-state index in [4.69, 9.17) is 5.26 Å². The van der Waals surface area contributed by atoms with Crippen molar-refractivity contribution in [2.45, 2.75) is 50.9 Å². The maximum atomic E-state index is 8.64. The lowest BCUT2D eigenvalue weighted by molar-refractivity contribution is 0.442. The van der Waals surface area contributed by atoms with Crippen LogP contribution in [0, 0.1) is 11.3 Å². The smallest absolute Gasteiger partial charge is 0.0625 e. The Balaban J connectivity index is 2.16. The van der Waals surface area contributed by atoms with Crippen molar-refractivity contribution in [3.05, 3.63) is 33.8 Å². The van der Waals surface area contributed by atoms with E-state index in [9.17, 15) is 0 Å². The van der Waals surface area contributed by atoms with Gasteiger partial charge in [0.15, 0.2) is 0 Å². The number of benzene rings is 1. The average molecular weight is 292 g/mol. The van der Waals surface area contributed by atoms with Crippen LogP contribution in [-0.4, -0.2) is 0 Å². The van der Waals surface area contributed by atoms with E-state index in [1.165, 1.54) is 47.7 Å². The molecule has 1 nitrogen and oxygen atoms in total. The third-order valence-corrected chi connectivity index (χ3v) is 4.35. The molecule has 1 aromatic carbocycles. The van der Waals surface area contributed by atoms with E-state index in [2.05, 4.69) is 40.2 Å². The highest BCUT2D eigenvalue weighted by atomic mass is 79.9. The van der Waals surface area contributed by atoms with Crippen LogP contribution in [0.1, 0.15) is 55.6 Å². The van der Waals surface area contributed by atoms with Crippen LogP contribution >= 0.6 is 15.9 Å². The van der Waals surface area contributed by atoms with E-state index in [1.807, 2.05) is 0 Å². The van der Waals surface area contributed by atoms with Crippen LogP contribution in [-0.2, 0) is 6.42 Å². The molecular formula is C15H18BrN. The summed E-state index contributed by atoms with van der Waals surface area (Å²) in [4.78, 5) is 0. The SMILES string of the molecule is N#CCCc1ccc(Br)c(C2CCCCC2)c1. The van der Waals surface area contributed by atoms with Gasteiger partial charge in [0.1, 0.15) is 0 Å². The maximum Gasteiger partial charge on any atom is 0.0625 e. The summed E-state index contributed by atoms with van der Waals surface area (Å²) in [5.41, 5.74) is 2.76. The Bertz CT molecular complexity index is 413. The van der Waals surface area contributed by atoms with Gasteiger partial charge in [-0.1, -0.05) is 47.3 Å². The van der Waals surface area contributed by atoms with Gasteiger partial charge in [0.2, 0.25) is 0 Å². The summed E-state index contributed by atoms with van der Waals surface area (Å²) in [6.45, 7) is 0. The summed E-state index contributed by atoms with van der Waals surface area (Å²) >= 11 is 3.67. The van der Waals surface area contributed by atoms with Crippen LogP contribution < -0.4 is 0 Å². The summed E-state index contributed by atoms with van der Waals surface area (Å²) in [6, 6.07) is 8.80. The minimum Gasteiger partial charge on any atom is -0.198 e. The van der Waals surface area contributed by atoms with Gasteiger partial charge in [-0.25, -0.2) is 0 Å². The fourth-order valence-corrected chi connectivity index (χ4v) is 3.25. The zero-order valence-corrected chi connectivity index (χ0v) is 11.7. The summed E-state index contributed by atoms with van der Waals surface area (Å²) in [5.74, 6) is 0.722. The van der Waals surface area contributed by atoms with Crippen molar-refractivity contribution in [3.63, 3.8) is 0 Å². The highest BCUT2D eigenvalue weighted by molar-refractivity contribution is 9.10. The molecule has 0 N–H and O–H groups in total. The molecule has 90 valence electrons. The van der Waals surface area contributed by atoms with Crippen LogP contribution in [0.25, 0.3) is 0 Å². The Hall–Kier alpha value is -0.810. The highest BCUT2D eigenvalue weighted by Crippen LogP contribution is 2.36. The van der Waals surface area contributed by atoms with Crippen molar-refractivity contribution in [2.75, 3.05) is 0 Å². The van der Waals surface area contributed by atoms with E-state index >= 15 is 0 Å². The van der Waals surface area contributed by atoms with Gasteiger partial charge in [-0.15, -0.1) is 0 Å². The Kier molecular flexibility index (Phi) is 4.62. The van der Waals surface area contributed by atoms with Gasteiger partial charge in [0.05, 0.1) is 6.07 Å². The number of hydrogen-bond donors (Lipinski definition) is 0. The largest absolute Gasteiger partial charge is 0.198 e. The third-order valence-electron chi connectivity index (χ3n) is 3.63. The maximum absolute atomic E-state index is 8.64. The van der Waals surface area contributed by atoms with Gasteiger partial charge in [-0.2, -0.15) is 5.26 Å². The Morgan fingerprint density at radius 3 is 2.71 bits per heavy atom. The van der Waals surface area contributed by atoms with Crippen molar-refractivity contribution in [3.8, 4) is 6.07 Å². The normalized spacial score (nSPS) is 16.7. The summed E-state index contributed by atoms with van der Waals surface area (Å²) in [6.07, 6.45) is 8.25. The highest BCUT2D eigenvalue weighted by Gasteiger charge is 2.17. The molecule has 2 rings (SSSR count). The molecule has 0 radical (unpaired) electrons. The van der Waals surface area contributed by atoms with Gasteiger partial charge in [-0.3, -0.25) is 0 Å². The molecule has 1 aliphatic carbocycles. The molecule has 0 aliphatic heterocycles. The lowest BCUT2D eigenvalue weighted by atomic mass is 9.83. The van der Waals surface area contributed by atoms with E-state index < -0.39 is 0 Å². The second-order valence-corrected chi connectivity index (χ2v) is 5.70. The monoisotopic (exact) mass is 291 g/mol. The molecule has 1 aliphatic rings. The fourth-order valence-electron chi connectivity index (χ4n) is 2.68. The number of nitrogens with zero attached hydrogens (tertiary/aromatic N) is 1. The molecule has 1 saturated carbocycles. The molecule has 1 aromatic rings. The van der Waals surface area contributed by atoms with E-state index in [-0.39, 0.29) is 0 Å². The molecule has 0 saturated heterocycles. The first-order valence-corrected chi connectivity index (χ1v) is 7.26. The van der Waals surface area contributed by atoms with Gasteiger partial charge in [0.25, 0.3) is 0 Å². The molecule has 0 aromatic heterocycles. The molecule has 0 heterocycles. The lowest BCUT2D eigenvalue weighted by Crippen LogP contribution is -2.05. The molecular weight excluding hydrogens is 274 g/mol. The molecule has 1 fully saturated rings. The number of aryl methyl sites for hydroxylation is 1. The van der Waals surface area contributed by atoms with E-state index in [0.717, 1.165) is 12.3 Å². The second-order valence-electron chi connectivity index (χ2n) is 4.85. The van der Waals surface area contributed by atoms with Gasteiger partial charge in [-0.05, 0) is 42.4 Å². The molecule has 0 unspecified atom stereocenters. The third kappa shape index (κ3) is 3.33. The average Bonchev–Trinajstić information content (AvgIpc) is 2.39. The van der Waals surface area contributed by atoms with Crippen LogP contribution in [0.5, 0.6) is 0 Å². The van der Waals surface area contributed by atoms with Crippen LogP contribution in [0.15, 0.2) is 22.7 Å². The minimum absolute atomic E-state index is 0.617. The molecule has 2 heteroatoms. The Morgan fingerprint density at radius 1 is 1.24 bits per heavy atom. The zero-order valence-electron chi connectivity index (χ0n) is 10.1. The first kappa shape index (κ1) is 12.6. The van der Waals surface area contributed by atoms with Crippen molar-refractivity contribution < 1.29 is 0 Å². The van der Waals surface area contributed by atoms with Crippen LogP contribution in [0.2, 0.25) is 0 Å². The predicted octanol–water partition coefficient (Wildman–Crippen LogP) is 4.95. The summed E-state index contributed by atoms with van der Waals surface area (Å²) in [7, 11) is 0. The van der Waals surface area contributed by atoms with E-state index in [0.29, 0.717) is 6.42 Å². The number of rotatable bonds is 3. The van der Waals surface area contributed by atoms with Gasteiger partial charge >= 0.3 is 0 Å². The number of hydrogen-bond acceptors (Lipinski definition) is 1. The molecule has 0 atom stereocenters. The molecule has 0 spiro atoms. The summed E-state index contributed by atoms with van der Waals surface area (Å²) in [5, 5.41) is 8.64. The predicted molar refractivity (Wildman–Crippen MR) is 73.9 cm³/mol. The van der Waals surface area contributed by atoms with Crippen molar-refractivity contribution >= 4 is 15.9 Å². The zero-order chi connectivity index (χ0) is 12.1. The van der Waals surface area contributed by atoms with Gasteiger partial charge in [0, 0.05) is 10.9 Å². The van der Waals surface area contributed by atoms with Crippen molar-refractivity contribution in [2.24, 2.45) is 0 Å². The number of nitriles is 1. The van der Waals surface area contributed by atoms with Crippen molar-refractivity contribution in [1.82, 2.24) is 0 Å². The second kappa shape index (κ2) is 6.21. The number of halogens is 1. The standard InChI is InChI=1S/C15H18BrN/c16-15-9-8-12(5-4-10-17)11-14(15)13-6-2-1-3-7-13/h8-9,11,13H,1-7H2. The first-order valence-electron chi connectivity index (χ1n) is 6.46. The first-order chi connectivity index (χ1) is 8.31. The Morgan fingerprint density at radius 2 is 2.00 bits per heavy atom. The lowest BCUT2D eigenvalue weighted by Gasteiger charge is -2.23. The van der Waals surface area contributed by atoms with Crippen LogP contribution in [0.3, 0.4) is 0 Å². The van der Waals surface area contributed by atoms with Crippen LogP contribution in [0.4, 0.5) is 0 Å². The molecule has 0 bridgehead atoms. The minimum atomic E-state index is 0.617. The fraction of sp³-hybridized carbons (Fsp3) is 0.533.